The molecule has 4 aromatic rings. The first-order chi connectivity index (χ1) is 21.3. The maximum atomic E-state index is 12.4. The molecule has 1 atom stereocenters. The van der Waals surface area contributed by atoms with E-state index in [1.54, 1.807) is 11.1 Å². The molecule has 0 radical (unpaired) electrons. The SMILES string of the molecule is CC.CC(C)(C)OC(=O)N1CCC(Oc2ccc(-c3ccnc4nc(-c5ccc(N6CCOCC6)cc5)[nH]c34)cc2C#N)C1. The number of carbonyl (C=O) groups excluding carboxylic acids is 1. The quantitative estimate of drug-likeness (QED) is 0.281. The van der Waals surface area contributed by atoms with Crippen LogP contribution in [-0.2, 0) is 9.47 Å². The predicted molar refractivity (Wildman–Crippen MR) is 171 cm³/mol. The second-order valence-electron chi connectivity index (χ2n) is 11.6. The van der Waals surface area contributed by atoms with E-state index in [4.69, 9.17) is 19.2 Å². The number of nitrogens with zero attached hydrogens (tertiary/aromatic N) is 5. The van der Waals surface area contributed by atoms with E-state index in [0.717, 1.165) is 54.3 Å². The number of nitriles is 1. The predicted octanol–water partition coefficient (Wildman–Crippen LogP) is 6.41. The first kappa shape index (κ1) is 30.8. The van der Waals surface area contributed by atoms with Gasteiger partial charge in [-0.2, -0.15) is 5.26 Å². The monoisotopic (exact) mass is 596 g/mol. The summed E-state index contributed by atoms with van der Waals surface area (Å²) in [6, 6.07) is 18.1. The summed E-state index contributed by atoms with van der Waals surface area (Å²) >= 11 is 0. The molecular formula is C34H40N6O4. The van der Waals surface area contributed by atoms with E-state index in [9.17, 15) is 10.1 Å². The highest BCUT2D eigenvalue weighted by molar-refractivity contribution is 5.92. The minimum atomic E-state index is -0.554. The third-order valence-electron chi connectivity index (χ3n) is 7.41. The zero-order chi connectivity index (χ0) is 31.3. The summed E-state index contributed by atoms with van der Waals surface area (Å²) in [5.41, 5.74) is 5.15. The molecule has 1 unspecified atom stereocenters. The van der Waals surface area contributed by atoms with Crippen molar-refractivity contribution in [3.05, 3.63) is 60.3 Å². The second-order valence-corrected chi connectivity index (χ2v) is 11.6. The Hall–Kier alpha value is -4.62. The van der Waals surface area contributed by atoms with Crippen LogP contribution >= 0.6 is 0 Å². The van der Waals surface area contributed by atoms with Crippen molar-refractivity contribution in [2.75, 3.05) is 44.3 Å². The Balaban J connectivity index is 0.00000188. The maximum absolute atomic E-state index is 12.4. The molecule has 0 bridgehead atoms. The number of rotatable bonds is 5. The Morgan fingerprint density at radius 2 is 1.77 bits per heavy atom. The molecule has 2 aliphatic heterocycles. The largest absolute Gasteiger partial charge is 0.487 e. The number of anilines is 1. The van der Waals surface area contributed by atoms with Crippen molar-refractivity contribution in [2.24, 2.45) is 0 Å². The van der Waals surface area contributed by atoms with E-state index in [1.807, 2.05) is 58.9 Å². The van der Waals surface area contributed by atoms with E-state index in [0.29, 0.717) is 36.5 Å². The Morgan fingerprint density at radius 3 is 2.48 bits per heavy atom. The van der Waals surface area contributed by atoms with Crippen LogP contribution in [0.25, 0.3) is 33.7 Å². The lowest BCUT2D eigenvalue weighted by Crippen LogP contribution is -2.36. The van der Waals surface area contributed by atoms with Crippen LogP contribution in [0.1, 0.15) is 46.6 Å². The fourth-order valence-corrected chi connectivity index (χ4v) is 5.32. The van der Waals surface area contributed by atoms with Gasteiger partial charge in [-0.15, -0.1) is 0 Å². The smallest absolute Gasteiger partial charge is 0.410 e. The summed E-state index contributed by atoms with van der Waals surface area (Å²) in [6.07, 6.45) is 1.83. The first-order valence-corrected chi connectivity index (χ1v) is 15.2. The van der Waals surface area contributed by atoms with E-state index >= 15 is 0 Å². The normalized spacial score (nSPS) is 16.7. The number of ether oxygens (including phenoxy) is 3. The topological polar surface area (TPSA) is 117 Å². The van der Waals surface area contributed by atoms with Gasteiger partial charge in [-0.1, -0.05) is 19.9 Å². The van der Waals surface area contributed by atoms with Crippen LogP contribution < -0.4 is 9.64 Å². The van der Waals surface area contributed by atoms with Gasteiger partial charge in [-0.3, -0.25) is 0 Å². The fourth-order valence-electron chi connectivity index (χ4n) is 5.32. The second kappa shape index (κ2) is 13.3. The number of pyridine rings is 1. The number of imidazole rings is 1. The van der Waals surface area contributed by atoms with Crippen molar-refractivity contribution in [3.8, 4) is 34.3 Å². The third-order valence-corrected chi connectivity index (χ3v) is 7.41. The number of H-pyrrole nitrogens is 1. The molecule has 2 fully saturated rings. The minimum Gasteiger partial charge on any atom is -0.487 e. The fraction of sp³-hybridized carbons (Fsp3) is 0.412. The molecule has 44 heavy (non-hydrogen) atoms. The van der Waals surface area contributed by atoms with Crippen molar-refractivity contribution in [1.82, 2.24) is 19.9 Å². The van der Waals surface area contributed by atoms with Gasteiger partial charge < -0.3 is 29.0 Å². The van der Waals surface area contributed by atoms with Crippen LogP contribution in [0.2, 0.25) is 0 Å². The molecule has 4 heterocycles. The van der Waals surface area contributed by atoms with Crippen molar-refractivity contribution in [3.63, 3.8) is 0 Å². The number of hydrogen-bond acceptors (Lipinski definition) is 8. The molecule has 0 saturated carbocycles. The zero-order valence-electron chi connectivity index (χ0n) is 26.1. The van der Waals surface area contributed by atoms with Crippen molar-refractivity contribution in [1.29, 1.82) is 5.26 Å². The van der Waals surface area contributed by atoms with Crippen LogP contribution in [0.3, 0.4) is 0 Å². The summed E-state index contributed by atoms with van der Waals surface area (Å²) in [4.78, 5) is 29.1. The molecule has 230 valence electrons. The lowest BCUT2D eigenvalue weighted by molar-refractivity contribution is 0.0275. The summed E-state index contributed by atoms with van der Waals surface area (Å²) in [5.74, 6) is 1.22. The summed E-state index contributed by atoms with van der Waals surface area (Å²) in [5, 5.41) is 9.96. The highest BCUT2D eigenvalue weighted by Gasteiger charge is 2.31. The Bertz CT molecular complexity index is 1630. The number of aromatic nitrogens is 3. The Kier molecular flexibility index (Phi) is 9.35. The number of nitrogens with one attached hydrogen (secondary N) is 1. The molecule has 1 N–H and O–H groups in total. The average Bonchev–Trinajstić information content (AvgIpc) is 3.70. The van der Waals surface area contributed by atoms with Crippen molar-refractivity contribution >= 4 is 22.9 Å². The van der Waals surface area contributed by atoms with Crippen LogP contribution in [0.15, 0.2) is 54.7 Å². The number of likely N-dealkylation sites (tertiary alicyclic amines) is 1. The molecule has 10 nitrogen and oxygen atoms in total. The van der Waals surface area contributed by atoms with Crippen molar-refractivity contribution in [2.45, 2.75) is 52.7 Å². The van der Waals surface area contributed by atoms with Gasteiger partial charge in [-0.05, 0) is 68.8 Å². The van der Waals surface area contributed by atoms with Crippen LogP contribution in [-0.4, -0.2) is 77.0 Å². The molecule has 10 heteroatoms. The highest BCUT2D eigenvalue weighted by Crippen LogP contribution is 2.33. The molecule has 1 amide bonds. The Morgan fingerprint density at radius 1 is 1.05 bits per heavy atom. The molecule has 6 rings (SSSR count). The molecule has 2 saturated heterocycles. The van der Waals surface area contributed by atoms with Gasteiger partial charge in [0.1, 0.15) is 29.3 Å². The standard InChI is InChI=1S/C32H34N6O4.C2H6/c1-32(2,3)42-31(39)38-13-11-25(20-38)41-27-9-6-22(18-23(27)19-33)26-10-12-34-30-28(26)35-29(36-30)21-4-7-24(8-5-21)37-14-16-40-17-15-37;1-2/h4-10,12,18,25H,11,13-17,20H2,1-3H3,(H,34,35,36);1-2H3. The third kappa shape index (κ3) is 6.95. The van der Waals surface area contributed by atoms with Gasteiger partial charge in [0.15, 0.2) is 5.65 Å². The minimum absolute atomic E-state index is 0.215. The summed E-state index contributed by atoms with van der Waals surface area (Å²) < 4.78 is 17.1. The van der Waals surface area contributed by atoms with Gasteiger partial charge in [0.05, 0.1) is 30.8 Å². The zero-order valence-corrected chi connectivity index (χ0v) is 26.1. The number of aromatic amines is 1. The van der Waals surface area contributed by atoms with Gasteiger partial charge in [0.2, 0.25) is 0 Å². The van der Waals surface area contributed by atoms with Crippen molar-refractivity contribution < 1.29 is 19.0 Å². The summed E-state index contributed by atoms with van der Waals surface area (Å²) in [7, 11) is 0. The number of fused-ring (bicyclic) bond motifs is 1. The molecule has 2 aromatic heterocycles. The molecular weight excluding hydrogens is 556 g/mol. The number of hydrogen-bond donors (Lipinski definition) is 1. The number of benzene rings is 2. The average molecular weight is 597 g/mol. The molecule has 0 spiro atoms. The lowest BCUT2D eigenvalue weighted by Gasteiger charge is -2.28. The van der Waals surface area contributed by atoms with E-state index in [2.05, 4.69) is 45.2 Å². The van der Waals surface area contributed by atoms with Crippen LogP contribution in [0.5, 0.6) is 5.75 Å². The molecule has 2 aromatic carbocycles. The van der Waals surface area contributed by atoms with Crippen LogP contribution in [0, 0.1) is 11.3 Å². The van der Waals surface area contributed by atoms with Gasteiger partial charge in [0.25, 0.3) is 0 Å². The number of amides is 1. The maximum Gasteiger partial charge on any atom is 0.410 e. The van der Waals surface area contributed by atoms with Gasteiger partial charge >= 0.3 is 6.09 Å². The van der Waals surface area contributed by atoms with E-state index in [1.165, 1.54) is 5.69 Å². The van der Waals surface area contributed by atoms with Gasteiger partial charge in [-0.25, -0.2) is 14.8 Å². The number of carbonyl (C=O) groups is 1. The molecule has 0 aliphatic carbocycles. The Labute approximate surface area is 258 Å². The first-order valence-electron chi connectivity index (χ1n) is 15.2. The lowest BCUT2D eigenvalue weighted by atomic mass is 10.0. The number of morpholine rings is 1. The highest BCUT2D eigenvalue weighted by atomic mass is 16.6. The van der Waals surface area contributed by atoms with E-state index in [-0.39, 0.29) is 12.2 Å². The van der Waals surface area contributed by atoms with Crippen LogP contribution in [0.4, 0.5) is 10.5 Å². The van der Waals surface area contributed by atoms with E-state index < -0.39 is 5.60 Å². The summed E-state index contributed by atoms with van der Waals surface area (Å²) in [6.45, 7) is 13.8. The molecule has 2 aliphatic rings. The van der Waals surface area contributed by atoms with Gasteiger partial charge in [0, 0.05) is 49.1 Å².